The molecule has 0 aliphatic rings. The molecule has 0 fully saturated rings. The molecule has 0 saturated heterocycles. The molecule has 7 heteroatoms. The molecule has 0 atom stereocenters. The van der Waals surface area contributed by atoms with Crippen molar-refractivity contribution in [1.29, 1.82) is 0 Å². The molecule has 1 aromatic carbocycles. The Balaban J connectivity index is 2.60. The predicted molar refractivity (Wildman–Crippen MR) is 70.6 cm³/mol. The Bertz CT molecular complexity index is 680. The summed E-state index contributed by atoms with van der Waals surface area (Å²) < 4.78 is 5.60. The minimum Gasteiger partial charge on any atom is -0.464 e. The van der Waals surface area contributed by atoms with Crippen molar-refractivity contribution < 1.29 is 9.53 Å². The fourth-order valence-electron chi connectivity index (χ4n) is 1.49. The standard InChI is InChI=1S/C12H10ClN3O3/c1-19-12(18)11-9(14)6-10(17)16(15-11)8-4-2-7(13)3-5-8/h2-6H,14H2,1H3. The van der Waals surface area contributed by atoms with Crippen molar-refractivity contribution in [2.75, 3.05) is 12.8 Å². The summed E-state index contributed by atoms with van der Waals surface area (Å²) in [6.45, 7) is 0. The highest BCUT2D eigenvalue weighted by Crippen LogP contribution is 2.13. The Morgan fingerprint density at radius 3 is 2.58 bits per heavy atom. The third kappa shape index (κ3) is 2.58. The van der Waals surface area contributed by atoms with Crippen LogP contribution in [-0.2, 0) is 4.74 Å². The van der Waals surface area contributed by atoms with Gasteiger partial charge in [0.15, 0.2) is 5.69 Å². The van der Waals surface area contributed by atoms with E-state index < -0.39 is 11.5 Å². The average molecular weight is 280 g/mol. The Hall–Kier alpha value is -2.34. The fourth-order valence-corrected chi connectivity index (χ4v) is 1.62. The predicted octanol–water partition coefficient (Wildman–Crippen LogP) is 1.25. The van der Waals surface area contributed by atoms with Crippen LogP contribution < -0.4 is 11.3 Å². The topological polar surface area (TPSA) is 87.2 Å². The Kier molecular flexibility index (Phi) is 3.52. The highest BCUT2D eigenvalue weighted by molar-refractivity contribution is 6.30. The lowest BCUT2D eigenvalue weighted by Gasteiger charge is -2.08. The summed E-state index contributed by atoms with van der Waals surface area (Å²) in [5.74, 6) is -0.708. The van der Waals surface area contributed by atoms with Crippen molar-refractivity contribution in [2.24, 2.45) is 0 Å². The van der Waals surface area contributed by atoms with Crippen LogP contribution in [0, 0.1) is 0 Å². The second-order valence-corrected chi connectivity index (χ2v) is 4.10. The number of hydrogen-bond donors (Lipinski definition) is 1. The van der Waals surface area contributed by atoms with E-state index in [0.29, 0.717) is 10.7 Å². The summed E-state index contributed by atoms with van der Waals surface area (Å²) in [5.41, 5.74) is 5.45. The maximum absolute atomic E-state index is 11.8. The Morgan fingerprint density at radius 2 is 2.00 bits per heavy atom. The third-order valence-electron chi connectivity index (χ3n) is 2.41. The molecule has 0 amide bonds. The van der Waals surface area contributed by atoms with E-state index in [1.807, 2.05) is 0 Å². The zero-order chi connectivity index (χ0) is 14.0. The average Bonchev–Trinajstić information content (AvgIpc) is 2.39. The lowest BCUT2D eigenvalue weighted by atomic mass is 10.3. The van der Waals surface area contributed by atoms with Crippen molar-refractivity contribution in [3.63, 3.8) is 0 Å². The molecule has 0 radical (unpaired) electrons. The largest absolute Gasteiger partial charge is 0.464 e. The molecule has 6 nitrogen and oxygen atoms in total. The van der Waals surface area contributed by atoms with Crippen LogP contribution in [0.3, 0.4) is 0 Å². The van der Waals surface area contributed by atoms with Crippen LogP contribution in [-0.4, -0.2) is 22.9 Å². The molecule has 19 heavy (non-hydrogen) atoms. The molecule has 0 bridgehead atoms. The van der Waals surface area contributed by atoms with Gasteiger partial charge in [-0.05, 0) is 24.3 Å². The lowest BCUT2D eigenvalue weighted by molar-refractivity contribution is 0.0593. The van der Waals surface area contributed by atoms with Gasteiger partial charge in [-0.25, -0.2) is 4.79 Å². The second kappa shape index (κ2) is 5.11. The first-order valence-electron chi connectivity index (χ1n) is 5.27. The highest BCUT2D eigenvalue weighted by Gasteiger charge is 2.15. The van der Waals surface area contributed by atoms with Crippen molar-refractivity contribution >= 4 is 23.3 Å². The number of nitrogen functional groups attached to an aromatic ring is 1. The number of anilines is 1. The van der Waals surface area contributed by atoms with Gasteiger partial charge in [0.1, 0.15) is 0 Å². The number of aromatic nitrogens is 2. The molecule has 0 unspecified atom stereocenters. The summed E-state index contributed by atoms with van der Waals surface area (Å²) in [6, 6.07) is 7.55. The first-order valence-corrected chi connectivity index (χ1v) is 5.65. The Morgan fingerprint density at radius 1 is 1.37 bits per heavy atom. The zero-order valence-corrected chi connectivity index (χ0v) is 10.7. The quantitative estimate of drug-likeness (QED) is 0.836. The number of carbonyl (C=O) groups excluding carboxylic acids is 1. The van der Waals surface area contributed by atoms with Gasteiger partial charge in [-0.2, -0.15) is 9.78 Å². The van der Waals surface area contributed by atoms with Gasteiger partial charge in [0, 0.05) is 11.1 Å². The molecule has 0 aliphatic heterocycles. The van der Waals surface area contributed by atoms with Crippen LogP contribution in [0.5, 0.6) is 0 Å². The van der Waals surface area contributed by atoms with E-state index >= 15 is 0 Å². The van der Waals surface area contributed by atoms with E-state index in [-0.39, 0.29) is 11.4 Å². The van der Waals surface area contributed by atoms with Gasteiger partial charge >= 0.3 is 5.97 Å². The molecule has 2 aromatic rings. The van der Waals surface area contributed by atoms with Crippen molar-refractivity contribution in [1.82, 2.24) is 9.78 Å². The van der Waals surface area contributed by atoms with Gasteiger partial charge < -0.3 is 10.5 Å². The first kappa shape index (κ1) is 13.1. The molecular formula is C12H10ClN3O3. The van der Waals surface area contributed by atoms with E-state index in [0.717, 1.165) is 10.7 Å². The minimum absolute atomic E-state index is 0.0259. The smallest absolute Gasteiger partial charge is 0.360 e. The van der Waals surface area contributed by atoms with Crippen LogP contribution in [0.4, 0.5) is 5.69 Å². The second-order valence-electron chi connectivity index (χ2n) is 3.67. The van der Waals surface area contributed by atoms with Crippen molar-refractivity contribution in [3.05, 3.63) is 51.4 Å². The lowest BCUT2D eigenvalue weighted by Crippen LogP contribution is -2.25. The van der Waals surface area contributed by atoms with Gasteiger partial charge in [0.05, 0.1) is 18.5 Å². The van der Waals surface area contributed by atoms with Crippen LogP contribution in [0.1, 0.15) is 10.5 Å². The highest BCUT2D eigenvalue weighted by atomic mass is 35.5. The molecule has 1 heterocycles. The third-order valence-corrected chi connectivity index (χ3v) is 2.66. The fraction of sp³-hybridized carbons (Fsp3) is 0.0833. The SMILES string of the molecule is COC(=O)c1nn(-c2ccc(Cl)cc2)c(=O)cc1N. The maximum Gasteiger partial charge on any atom is 0.360 e. The summed E-state index contributed by atoms with van der Waals surface area (Å²) in [5, 5.41) is 4.43. The molecule has 2 N–H and O–H groups in total. The Labute approximate surface area is 113 Å². The van der Waals surface area contributed by atoms with E-state index in [1.54, 1.807) is 24.3 Å². The number of hydrogen-bond acceptors (Lipinski definition) is 5. The number of nitrogens with two attached hydrogens (primary N) is 1. The number of methoxy groups -OCH3 is 1. The van der Waals surface area contributed by atoms with Crippen molar-refractivity contribution in [2.45, 2.75) is 0 Å². The number of ether oxygens (including phenoxy) is 1. The summed E-state index contributed by atoms with van der Waals surface area (Å²) >= 11 is 5.77. The zero-order valence-electron chi connectivity index (χ0n) is 9.96. The van der Waals surface area contributed by atoms with Crippen LogP contribution >= 0.6 is 11.6 Å². The van der Waals surface area contributed by atoms with Gasteiger partial charge in [0.25, 0.3) is 5.56 Å². The molecule has 2 rings (SSSR count). The number of rotatable bonds is 2. The molecule has 0 aliphatic carbocycles. The minimum atomic E-state index is -0.708. The van der Waals surface area contributed by atoms with Gasteiger partial charge in [-0.1, -0.05) is 11.6 Å². The monoisotopic (exact) mass is 279 g/mol. The van der Waals surface area contributed by atoms with E-state index in [1.165, 1.54) is 7.11 Å². The van der Waals surface area contributed by atoms with Crippen LogP contribution in [0.2, 0.25) is 5.02 Å². The normalized spacial score (nSPS) is 10.2. The van der Waals surface area contributed by atoms with E-state index in [2.05, 4.69) is 9.84 Å². The number of carbonyl (C=O) groups is 1. The van der Waals surface area contributed by atoms with E-state index in [9.17, 15) is 9.59 Å². The number of benzene rings is 1. The van der Waals surface area contributed by atoms with E-state index in [4.69, 9.17) is 17.3 Å². The molecule has 0 saturated carbocycles. The molecule has 0 spiro atoms. The maximum atomic E-state index is 11.8. The van der Waals surface area contributed by atoms with Crippen molar-refractivity contribution in [3.8, 4) is 5.69 Å². The van der Waals surface area contributed by atoms with Gasteiger partial charge in [-0.15, -0.1) is 0 Å². The molecule has 1 aromatic heterocycles. The summed E-state index contributed by atoms with van der Waals surface area (Å²) in [4.78, 5) is 23.3. The van der Waals surface area contributed by atoms with Gasteiger partial charge in [0.2, 0.25) is 0 Å². The molecular weight excluding hydrogens is 270 g/mol. The van der Waals surface area contributed by atoms with Gasteiger partial charge in [-0.3, -0.25) is 4.79 Å². The summed E-state index contributed by atoms with van der Waals surface area (Å²) in [7, 11) is 1.21. The van der Waals surface area contributed by atoms with Crippen LogP contribution in [0.15, 0.2) is 35.1 Å². The number of halogens is 1. The number of esters is 1. The molecule has 98 valence electrons. The first-order chi connectivity index (χ1) is 9.02. The van der Waals surface area contributed by atoms with Crippen LogP contribution in [0.25, 0.3) is 5.69 Å². The number of nitrogens with zero attached hydrogens (tertiary/aromatic N) is 2. The summed E-state index contributed by atoms with van der Waals surface area (Å²) in [6.07, 6.45) is 0.